The number of amides is 2. The first-order chi connectivity index (χ1) is 15.5. The zero-order valence-corrected chi connectivity index (χ0v) is 22.5. The molecular formula is C27H31BrN2O2S. The Morgan fingerprint density at radius 1 is 1.18 bits per heavy atom. The molecule has 0 aromatic heterocycles. The van der Waals surface area contributed by atoms with Crippen molar-refractivity contribution in [2.24, 2.45) is 0 Å². The number of hydrogen-bond acceptors (Lipinski definition) is 4. The first-order valence-electron chi connectivity index (χ1n) is 11.4. The number of benzene rings is 2. The first kappa shape index (κ1) is 24.1. The lowest BCUT2D eigenvalue weighted by Crippen LogP contribution is -2.51. The summed E-state index contributed by atoms with van der Waals surface area (Å²) in [5, 5.41) is -0.217. The van der Waals surface area contributed by atoms with Crippen LogP contribution in [-0.2, 0) is 11.3 Å². The van der Waals surface area contributed by atoms with E-state index in [4.69, 9.17) is 0 Å². The predicted molar refractivity (Wildman–Crippen MR) is 142 cm³/mol. The van der Waals surface area contributed by atoms with Crippen LogP contribution in [0.25, 0.3) is 6.08 Å². The maximum Gasteiger partial charge on any atom is 0.293 e. The van der Waals surface area contributed by atoms with Crippen molar-refractivity contribution >= 4 is 50.6 Å². The molecule has 2 amide bonds. The summed E-state index contributed by atoms with van der Waals surface area (Å²) in [6, 6.07) is 12.6. The maximum absolute atomic E-state index is 13.1. The smallest absolute Gasteiger partial charge is 0.293 e. The van der Waals surface area contributed by atoms with Crippen molar-refractivity contribution in [3.63, 3.8) is 0 Å². The number of carbonyl (C=O) groups is 2. The largest absolute Gasteiger partial charge is 0.364 e. The van der Waals surface area contributed by atoms with Gasteiger partial charge in [-0.3, -0.25) is 14.5 Å². The van der Waals surface area contributed by atoms with Gasteiger partial charge in [0.15, 0.2) is 0 Å². The third-order valence-corrected chi connectivity index (χ3v) is 8.03. The lowest BCUT2D eigenvalue weighted by atomic mass is 9.78. The van der Waals surface area contributed by atoms with Crippen LogP contribution < -0.4 is 4.90 Å². The van der Waals surface area contributed by atoms with Gasteiger partial charge in [-0.15, -0.1) is 0 Å². The van der Waals surface area contributed by atoms with Crippen molar-refractivity contribution in [2.75, 3.05) is 4.90 Å². The summed E-state index contributed by atoms with van der Waals surface area (Å²) in [4.78, 5) is 30.0. The lowest BCUT2D eigenvalue weighted by Gasteiger charge is -2.50. The van der Waals surface area contributed by atoms with Gasteiger partial charge >= 0.3 is 0 Å². The van der Waals surface area contributed by atoms with Crippen LogP contribution in [0.4, 0.5) is 10.5 Å². The molecule has 6 heteroatoms. The van der Waals surface area contributed by atoms with Gasteiger partial charge in [-0.25, -0.2) is 0 Å². The Kier molecular flexibility index (Phi) is 6.53. The lowest BCUT2D eigenvalue weighted by molar-refractivity contribution is -0.123. The van der Waals surface area contributed by atoms with Gasteiger partial charge in [0, 0.05) is 21.7 Å². The van der Waals surface area contributed by atoms with Gasteiger partial charge < -0.3 is 4.90 Å². The van der Waals surface area contributed by atoms with Gasteiger partial charge in [0.2, 0.25) is 0 Å². The summed E-state index contributed by atoms with van der Waals surface area (Å²) in [6.45, 7) is 13.8. The molecule has 2 aromatic carbocycles. The van der Waals surface area contributed by atoms with E-state index < -0.39 is 0 Å². The number of imide groups is 1. The molecule has 1 saturated heterocycles. The Bertz CT molecular complexity index is 1140. The summed E-state index contributed by atoms with van der Waals surface area (Å²) in [7, 11) is 0. The zero-order chi connectivity index (χ0) is 24.1. The van der Waals surface area contributed by atoms with Crippen molar-refractivity contribution in [3.8, 4) is 0 Å². The zero-order valence-electron chi connectivity index (χ0n) is 20.1. The third-order valence-electron chi connectivity index (χ3n) is 6.59. The summed E-state index contributed by atoms with van der Waals surface area (Å²) >= 11 is 4.45. The van der Waals surface area contributed by atoms with Crippen molar-refractivity contribution < 1.29 is 9.59 Å². The molecule has 4 nitrogen and oxygen atoms in total. The van der Waals surface area contributed by atoms with E-state index in [9.17, 15) is 9.59 Å². The molecule has 0 radical (unpaired) electrons. The molecule has 2 aliphatic rings. The molecule has 1 atom stereocenters. The number of nitrogens with zero attached hydrogens (tertiary/aromatic N) is 2. The van der Waals surface area contributed by atoms with E-state index >= 15 is 0 Å². The summed E-state index contributed by atoms with van der Waals surface area (Å²) in [5.41, 5.74) is 5.74. The Hall–Kier alpha value is -2.05. The van der Waals surface area contributed by atoms with Crippen LogP contribution >= 0.6 is 27.7 Å². The fourth-order valence-corrected chi connectivity index (χ4v) is 6.39. The highest BCUT2D eigenvalue weighted by Crippen LogP contribution is 2.46. The maximum atomic E-state index is 13.1. The molecule has 4 rings (SSSR count). The highest BCUT2D eigenvalue weighted by atomic mass is 79.9. The summed E-state index contributed by atoms with van der Waals surface area (Å²) in [6.07, 6.45) is 2.97. The molecule has 0 unspecified atom stereocenters. The van der Waals surface area contributed by atoms with E-state index in [1.807, 2.05) is 30.3 Å². The van der Waals surface area contributed by atoms with E-state index in [1.54, 1.807) is 0 Å². The number of anilines is 1. The van der Waals surface area contributed by atoms with E-state index in [0.29, 0.717) is 16.9 Å². The van der Waals surface area contributed by atoms with Gasteiger partial charge in [0.05, 0.1) is 11.4 Å². The third kappa shape index (κ3) is 4.65. The van der Waals surface area contributed by atoms with E-state index in [-0.39, 0.29) is 23.2 Å². The second-order valence-corrected chi connectivity index (χ2v) is 12.0. The van der Waals surface area contributed by atoms with Gasteiger partial charge in [0.25, 0.3) is 11.1 Å². The molecule has 33 heavy (non-hydrogen) atoms. The number of carbonyl (C=O) groups excluding carboxylic acids is 2. The molecule has 0 aliphatic carbocycles. The standard InChI is InChI=1S/C27H31BrN2O2S/c1-16(2)30-23-11-17(3)20(12-22(23)18(4)14-27(30,5)6)13-24-25(31)29(26(32)33-24)15-19-7-9-21(28)10-8-19/h7-13,16,18H,14-15H2,1-6H3/b24-13-/t18-/m1/s1. The van der Waals surface area contributed by atoms with E-state index in [2.05, 4.69) is 74.5 Å². The minimum Gasteiger partial charge on any atom is -0.364 e. The highest BCUT2D eigenvalue weighted by molar-refractivity contribution is 9.10. The van der Waals surface area contributed by atoms with E-state index in [0.717, 1.165) is 39.3 Å². The fourth-order valence-electron chi connectivity index (χ4n) is 5.30. The second-order valence-electron chi connectivity index (χ2n) is 10.0. The Labute approximate surface area is 209 Å². The Morgan fingerprint density at radius 2 is 1.85 bits per heavy atom. The molecule has 174 valence electrons. The molecule has 2 aromatic rings. The Balaban J connectivity index is 1.66. The van der Waals surface area contributed by atoms with Gasteiger partial charge in [-0.05, 0) is 111 Å². The van der Waals surface area contributed by atoms with Crippen LogP contribution in [0.2, 0.25) is 0 Å². The van der Waals surface area contributed by atoms with E-state index in [1.165, 1.54) is 16.2 Å². The number of hydrogen-bond donors (Lipinski definition) is 0. The fraction of sp³-hybridized carbons (Fsp3) is 0.407. The van der Waals surface area contributed by atoms with Crippen LogP contribution in [0.3, 0.4) is 0 Å². The summed E-state index contributed by atoms with van der Waals surface area (Å²) in [5.74, 6) is 0.202. The topological polar surface area (TPSA) is 40.6 Å². The molecule has 2 heterocycles. The van der Waals surface area contributed by atoms with Crippen LogP contribution in [0.5, 0.6) is 0 Å². The van der Waals surface area contributed by atoms with Crippen molar-refractivity contribution in [2.45, 2.75) is 72.0 Å². The quantitative estimate of drug-likeness (QED) is 0.386. The molecule has 0 N–H and O–H groups in total. The predicted octanol–water partition coefficient (Wildman–Crippen LogP) is 7.49. The van der Waals surface area contributed by atoms with Crippen molar-refractivity contribution in [1.29, 1.82) is 0 Å². The molecule has 0 saturated carbocycles. The SMILES string of the molecule is Cc1cc2c(cc1/C=C1\SC(=O)N(Cc3ccc(Br)cc3)C1=O)[C@H](C)CC(C)(C)N2C(C)C. The van der Waals surface area contributed by atoms with Crippen LogP contribution in [0.1, 0.15) is 69.2 Å². The number of rotatable bonds is 4. The van der Waals surface area contributed by atoms with Crippen molar-refractivity contribution in [3.05, 3.63) is 68.0 Å². The van der Waals surface area contributed by atoms with Crippen LogP contribution in [0.15, 0.2) is 45.8 Å². The minimum absolute atomic E-state index is 0.0875. The molecule has 1 fully saturated rings. The van der Waals surface area contributed by atoms with Crippen LogP contribution in [-0.4, -0.2) is 27.6 Å². The molecular weight excluding hydrogens is 496 g/mol. The van der Waals surface area contributed by atoms with Crippen molar-refractivity contribution in [1.82, 2.24) is 4.90 Å². The first-order valence-corrected chi connectivity index (χ1v) is 13.0. The molecule has 0 spiro atoms. The highest BCUT2D eigenvalue weighted by Gasteiger charge is 2.38. The second kappa shape index (κ2) is 8.95. The Morgan fingerprint density at radius 3 is 2.48 bits per heavy atom. The normalized spacial score (nSPS) is 21.3. The average Bonchev–Trinajstić information content (AvgIpc) is 2.97. The average molecular weight is 528 g/mol. The molecule has 2 aliphatic heterocycles. The molecule has 0 bridgehead atoms. The minimum atomic E-state index is -0.219. The summed E-state index contributed by atoms with van der Waals surface area (Å²) < 4.78 is 0.969. The number of fused-ring (bicyclic) bond motifs is 1. The van der Waals surface area contributed by atoms with Gasteiger partial charge in [-0.2, -0.15) is 0 Å². The monoisotopic (exact) mass is 526 g/mol. The van der Waals surface area contributed by atoms with Crippen LogP contribution in [0, 0.1) is 6.92 Å². The number of thioether (sulfide) groups is 1. The van der Waals surface area contributed by atoms with Gasteiger partial charge in [-0.1, -0.05) is 35.0 Å². The van der Waals surface area contributed by atoms with Gasteiger partial charge in [0.1, 0.15) is 0 Å². The number of halogens is 1. The number of aryl methyl sites for hydroxylation is 1.